The molecule has 0 atom stereocenters. The lowest BCUT2D eigenvalue weighted by atomic mass is 10.2. The smallest absolute Gasteiger partial charge is 0.335 e. The maximum atomic E-state index is 13.2. The molecule has 0 aliphatic carbocycles. The maximum Gasteiger partial charge on any atom is 0.335 e. The van der Waals surface area contributed by atoms with E-state index in [2.05, 4.69) is 10.3 Å². The quantitative estimate of drug-likeness (QED) is 0.870. The van der Waals surface area contributed by atoms with E-state index in [4.69, 9.17) is 5.11 Å². The van der Waals surface area contributed by atoms with Gasteiger partial charge in [0.25, 0.3) is 0 Å². The van der Waals surface area contributed by atoms with E-state index in [-0.39, 0.29) is 5.56 Å². The van der Waals surface area contributed by atoms with Crippen LogP contribution in [0.3, 0.4) is 0 Å². The van der Waals surface area contributed by atoms with E-state index in [0.29, 0.717) is 12.2 Å². The second kappa shape index (κ2) is 5.27. The van der Waals surface area contributed by atoms with Crippen molar-refractivity contribution in [3.8, 4) is 0 Å². The van der Waals surface area contributed by atoms with Crippen LogP contribution in [-0.2, 0) is 6.54 Å². The van der Waals surface area contributed by atoms with Gasteiger partial charge >= 0.3 is 5.97 Å². The summed E-state index contributed by atoms with van der Waals surface area (Å²) < 4.78 is 13.2. The van der Waals surface area contributed by atoms with Gasteiger partial charge in [0.05, 0.1) is 5.56 Å². The minimum Gasteiger partial charge on any atom is -0.478 e. The van der Waals surface area contributed by atoms with Crippen LogP contribution in [0.25, 0.3) is 0 Å². The van der Waals surface area contributed by atoms with Gasteiger partial charge in [0.1, 0.15) is 5.82 Å². The van der Waals surface area contributed by atoms with E-state index in [1.54, 1.807) is 18.5 Å². The summed E-state index contributed by atoms with van der Waals surface area (Å²) in [6.45, 7) is 0.455. The summed E-state index contributed by atoms with van der Waals surface area (Å²) in [7, 11) is 0. The molecular weight excluding hydrogens is 235 g/mol. The minimum atomic E-state index is -1.15. The van der Waals surface area contributed by atoms with Gasteiger partial charge in [0.2, 0.25) is 0 Å². The highest BCUT2D eigenvalue weighted by Gasteiger charge is 2.06. The normalized spacial score (nSPS) is 10.1. The number of carboxylic acids is 1. The molecule has 0 radical (unpaired) electrons. The number of carboxylic acid groups (broad SMARTS) is 1. The van der Waals surface area contributed by atoms with Gasteiger partial charge in [-0.15, -0.1) is 0 Å². The van der Waals surface area contributed by atoms with Crippen LogP contribution in [-0.4, -0.2) is 16.1 Å². The number of aromatic carboxylic acids is 1. The van der Waals surface area contributed by atoms with Crippen molar-refractivity contribution in [1.82, 2.24) is 4.98 Å². The second-order valence-electron chi connectivity index (χ2n) is 3.75. The molecule has 0 saturated heterocycles. The van der Waals surface area contributed by atoms with Crippen LogP contribution in [0.15, 0.2) is 42.7 Å². The Hall–Kier alpha value is -2.43. The van der Waals surface area contributed by atoms with Crippen LogP contribution >= 0.6 is 0 Å². The maximum absolute atomic E-state index is 13.2. The molecular formula is C13H11FN2O2. The van der Waals surface area contributed by atoms with Crippen LogP contribution in [0.2, 0.25) is 0 Å². The average molecular weight is 246 g/mol. The van der Waals surface area contributed by atoms with E-state index in [1.165, 1.54) is 12.1 Å². The zero-order valence-corrected chi connectivity index (χ0v) is 9.43. The molecule has 18 heavy (non-hydrogen) atoms. The molecule has 0 aliphatic rings. The summed E-state index contributed by atoms with van der Waals surface area (Å²) in [6, 6.07) is 7.30. The Morgan fingerprint density at radius 1 is 1.39 bits per heavy atom. The topological polar surface area (TPSA) is 62.2 Å². The molecule has 0 spiro atoms. The highest BCUT2D eigenvalue weighted by molar-refractivity contribution is 5.88. The number of halogens is 1. The third-order valence-corrected chi connectivity index (χ3v) is 2.36. The first-order chi connectivity index (χ1) is 8.65. The molecule has 0 bridgehead atoms. The van der Waals surface area contributed by atoms with E-state index >= 15 is 0 Å². The van der Waals surface area contributed by atoms with Crippen LogP contribution in [0.5, 0.6) is 0 Å². The molecule has 1 aromatic heterocycles. The number of hydrogen-bond acceptors (Lipinski definition) is 3. The number of anilines is 1. The third kappa shape index (κ3) is 3.04. The largest absolute Gasteiger partial charge is 0.478 e. The Morgan fingerprint density at radius 2 is 2.22 bits per heavy atom. The van der Waals surface area contributed by atoms with Gasteiger partial charge in [-0.3, -0.25) is 4.98 Å². The number of benzene rings is 1. The number of nitrogens with one attached hydrogen (secondary N) is 1. The van der Waals surface area contributed by atoms with E-state index in [9.17, 15) is 9.18 Å². The Balaban J connectivity index is 2.12. The van der Waals surface area contributed by atoms with Crippen molar-refractivity contribution in [2.24, 2.45) is 0 Å². The van der Waals surface area contributed by atoms with Crippen molar-refractivity contribution < 1.29 is 14.3 Å². The van der Waals surface area contributed by atoms with Crippen LogP contribution in [0, 0.1) is 5.82 Å². The third-order valence-electron chi connectivity index (χ3n) is 2.36. The molecule has 0 unspecified atom stereocenters. The van der Waals surface area contributed by atoms with Gasteiger partial charge in [-0.1, -0.05) is 6.07 Å². The summed E-state index contributed by atoms with van der Waals surface area (Å²) in [4.78, 5) is 14.7. The molecule has 2 rings (SSSR count). The molecule has 0 aliphatic heterocycles. The number of hydrogen-bond donors (Lipinski definition) is 2. The second-order valence-corrected chi connectivity index (χ2v) is 3.75. The first-order valence-corrected chi connectivity index (χ1v) is 5.32. The average Bonchev–Trinajstić information content (AvgIpc) is 2.37. The molecule has 4 nitrogen and oxygen atoms in total. The summed E-state index contributed by atoms with van der Waals surface area (Å²) in [6.07, 6.45) is 3.35. The molecule has 92 valence electrons. The predicted octanol–water partition coefficient (Wildman–Crippen LogP) is 2.53. The van der Waals surface area contributed by atoms with Crippen molar-refractivity contribution >= 4 is 11.7 Å². The lowest BCUT2D eigenvalue weighted by Crippen LogP contribution is -2.03. The number of nitrogens with zero attached hydrogens (tertiary/aromatic N) is 1. The molecule has 0 fully saturated rings. The number of pyridine rings is 1. The number of aromatic nitrogens is 1. The first-order valence-electron chi connectivity index (χ1n) is 5.32. The lowest BCUT2D eigenvalue weighted by Gasteiger charge is -2.07. The van der Waals surface area contributed by atoms with E-state index in [0.717, 1.165) is 11.6 Å². The zero-order valence-electron chi connectivity index (χ0n) is 9.43. The summed E-state index contributed by atoms with van der Waals surface area (Å²) >= 11 is 0. The summed E-state index contributed by atoms with van der Waals surface area (Å²) in [5, 5.41) is 11.8. The van der Waals surface area contributed by atoms with Crippen LogP contribution < -0.4 is 5.32 Å². The van der Waals surface area contributed by atoms with E-state index in [1.807, 2.05) is 6.07 Å². The van der Waals surface area contributed by atoms with Crippen LogP contribution in [0.1, 0.15) is 15.9 Å². The van der Waals surface area contributed by atoms with E-state index < -0.39 is 11.8 Å². The fraction of sp³-hybridized carbons (Fsp3) is 0.0769. The fourth-order valence-corrected chi connectivity index (χ4v) is 1.52. The highest BCUT2D eigenvalue weighted by Crippen LogP contribution is 2.15. The molecule has 1 aromatic carbocycles. The van der Waals surface area contributed by atoms with Crippen molar-refractivity contribution in [2.45, 2.75) is 6.54 Å². The fourth-order valence-electron chi connectivity index (χ4n) is 1.52. The summed E-state index contributed by atoms with van der Waals surface area (Å²) in [5.74, 6) is -1.73. The van der Waals surface area contributed by atoms with Crippen molar-refractivity contribution in [1.29, 1.82) is 0 Å². The standard InChI is InChI=1S/C13H11FN2O2/c14-11-4-10(13(17)18)5-12(6-11)16-8-9-2-1-3-15-7-9/h1-7,16H,8H2,(H,17,18). The SMILES string of the molecule is O=C(O)c1cc(F)cc(NCc2cccnc2)c1. The van der Waals surface area contributed by atoms with Crippen molar-refractivity contribution in [3.05, 3.63) is 59.7 Å². The first kappa shape index (κ1) is 12.0. The van der Waals surface area contributed by atoms with Crippen molar-refractivity contribution in [3.63, 3.8) is 0 Å². The van der Waals surface area contributed by atoms with Crippen molar-refractivity contribution in [2.75, 3.05) is 5.32 Å². The Bertz CT molecular complexity index is 558. The van der Waals surface area contributed by atoms with Gasteiger partial charge in [0.15, 0.2) is 0 Å². The van der Waals surface area contributed by atoms with Gasteiger partial charge in [0, 0.05) is 24.6 Å². The molecule has 0 amide bonds. The molecule has 2 aromatic rings. The Kier molecular flexibility index (Phi) is 3.52. The summed E-state index contributed by atoms with van der Waals surface area (Å²) in [5.41, 5.74) is 1.28. The molecule has 5 heteroatoms. The monoisotopic (exact) mass is 246 g/mol. The number of carbonyl (C=O) groups is 1. The number of rotatable bonds is 4. The van der Waals surface area contributed by atoms with Gasteiger partial charge in [-0.2, -0.15) is 0 Å². The highest BCUT2D eigenvalue weighted by atomic mass is 19.1. The molecule has 2 N–H and O–H groups in total. The Labute approximate surface area is 103 Å². The van der Waals surface area contributed by atoms with Gasteiger partial charge in [-0.25, -0.2) is 9.18 Å². The van der Waals surface area contributed by atoms with Crippen LogP contribution in [0.4, 0.5) is 10.1 Å². The zero-order chi connectivity index (χ0) is 13.0. The van der Waals surface area contributed by atoms with Gasteiger partial charge < -0.3 is 10.4 Å². The molecule has 1 heterocycles. The lowest BCUT2D eigenvalue weighted by molar-refractivity contribution is 0.0696. The van der Waals surface area contributed by atoms with Gasteiger partial charge in [-0.05, 0) is 29.8 Å². The Morgan fingerprint density at radius 3 is 2.89 bits per heavy atom. The minimum absolute atomic E-state index is 0.0799. The molecule has 0 saturated carbocycles. The predicted molar refractivity (Wildman–Crippen MR) is 64.9 cm³/mol.